The second-order valence-electron chi connectivity index (χ2n) is 3.26. The molecule has 1 aliphatic heterocycles. The SMILES string of the molecule is C=C(Br)COCC1CNCC(C)O1. The molecular weight excluding hydrogens is 234 g/mol. The third-order valence-electron chi connectivity index (χ3n) is 1.79. The first-order valence-electron chi connectivity index (χ1n) is 4.45. The zero-order valence-corrected chi connectivity index (χ0v) is 9.47. The molecule has 0 aromatic heterocycles. The van der Waals surface area contributed by atoms with Crippen LogP contribution in [0.1, 0.15) is 6.92 Å². The summed E-state index contributed by atoms with van der Waals surface area (Å²) < 4.78 is 11.9. The van der Waals surface area contributed by atoms with Crippen molar-refractivity contribution < 1.29 is 9.47 Å². The molecule has 1 saturated heterocycles. The Hall–Kier alpha value is 0.1000. The highest BCUT2D eigenvalue weighted by atomic mass is 79.9. The fourth-order valence-corrected chi connectivity index (χ4v) is 1.43. The summed E-state index contributed by atoms with van der Waals surface area (Å²) in [6.45, 7) is 8.73. The van der Waals surface area contributed by atoms with Gasteiger partial charge in [0.05, 0.1) is 25.4 Å². The van der Waals surface area contributed by atoms with Gasteiger partial charge in [-0.15, -0.1) is 0 Å². The number of ether oxygens (including phenoxy) is 2. The van der Waals surface area contributed by atoms with Gasteiger partial charge in [0.1, 0.15) is 0 Å². The highest BCUT2D eigenvalue weighted by Crippen LogP contribution is 2.05. The van der Waals surface area contributed by atoms with E-state index in [-0.39, 0.29) is 12.2 Å². The van der Waals surface area contributed by atoms with E-state index >= 15 is 0 Å². The van der Waals surface area contributed by atoms with Gasteiger partial charge in [0.2, 0.25) is 0 Å². The van der Waals surface area contributed by atoms with Gasteiger partial charge in [0, 0.05) is 17.6 Å². The lowest BCUT2D eigenvalue weighted by atomic mass is 10.2. The number of rotatable bonds is 4. The molecule has 0 saturated carbocycles. The van der Waals surface area contributed by atoms with Crippen LogP contribution in [0.4, 0.5) is 0 Å². The molecule has 3 nitrogen and oxygen atoms in total. The quantitative estimate of drug-likeness (QED) is 0.815. The average Bonchev–Trinajstić information content (AvgIpc) is 2.03. The van der Waals surface area contributed by atoms with Crippen LogP contribution in [0.3, 0.4) is 0 Å². The smallest absolute Gasteiger partial charge is 0.0936 e. The molecule has 0 radical (unpaired) electrons. The van der Waals surface area contributed by atoms with Crippen LogP contribution in [0.15, 0.2) is 11.1 Å². The number of nitrogens with one attached hydrogen (secondary N) is 1. The van der Waals surface area contributed by atoms with Crippen molar-refractivity contribution in [1.29, 1.82) is 0 Å². The van der Waals surface area contributed by atoms with Crippen molar-refractivity contribution >= 4 is 15.9 Å². The van der Waals surface area contributed by atoms with E-state index in [1.165, 1.54) is 0 Å². The highest BCUT2D eigenvalue weighted by molar-refractivity contribution is 9.11. The maximum atomic E-state index is 5.64. The van der Waals surface area contributed by atoms with Gasteiger partial charge in [-0.1, -0.05) is 22.5 Å². The fourth-order valence-electron chi connectivity index (χ4n) is 1.27. The molecule has 1 N–H and O–H groups in total. The van der Waals surface area contributed by atoms with Crippen LogP contribution in [0.25, 0.3) is 0 Å². The van der Waals surface area contributed by atoms with Crippen molar-refractivity contribution in [1.82, 2.24) is 5.32 Å². The van der Waals surface area contributed by atoms with Crippen LogP contribution in [-0.2, 0) is 9.47 Å². The van der Waals surface area contributed by atoms with Gasteiger partial charge in [0.15, 0.2) is 0 Å². The van der Waals surface area contributed by atoms with Crippen LogP contribution in [0.5, 0.6) is 0 Å². The van der Waals surface area contributed by atoms with E-state index in [9.17, 15) is 0 Å². The van der Waals surface area contributed by atoms with Gasteiger partial charge >= 0.3 is 0 Å². The Kier molecular flexibility index (Phi) is 4.94. The summed E-state index contributed by atoms with van der Waals surface area (Å²) in [4.78, 5) is 0. The predicted octanol–water partition coefficient (Wildman–Crippen LogP) is 1.29. The van der Waals surface area contributed by atoms with Gasteiger partial charge in [-0.2, -0.15) is 0 Å². The van der Waals surface area contributed by atoms with Crippen LogP contribution in [0, 0.1) is 0 Å². The Morgan fingerprint density at radius 2 is 2.46 bits per heavy atom. The van der Waals surface area contributed by atoms with E-state index < -0.39 is 0 Å². The zero-order chi connectivity index (χ0) is 9.68. The lowest BCUT2D eigenvalue weighted by Crippen LogP contribution is -2.45. The number of hydrogen-bond donors (Lipinski definition) is 1. The minimum atomic E-state index is 0.176. The van der Waals surface area contributed by atoms with Crippen LogP contribution < -0.4 is 5.32 Å². The second-order valence-corrected chi connectivity index (χ2v) is 4.38. The van der Waals surface area contributed by atoms with Gasteiger partial charge in [0.25, 0.3) is 0 Å². The van der Waals surface area contributed by atoms with E-state index in [0.29, 0.717) is 13.2 Å². The minimum absolute atomic E-state index is 0.176. The topological polar surface area (TPSA) is 30.5 Å². The molecule has 0 spiro atoms. The normalized spacial score (nSPS) is 28.8. The molecule has 13 heavy (non-hydrogen) atoms. The summed E-state index contributed by atoms with van der Waals surface area (Å²) in [6, 6.07) is 0. The molecule has 1 rings (SSSR count). The minimum Gasteiger partial charge on any atom is -0.374 e. The van der Waals surface area contributed by atoms with E-state index in [0.717, 1.165) is 17.6 Å². The van der Waals surface area contributed by atoms with Gasteiger partial charge in [-0.3, -0.25) is 0 Å². The molecule has 0 aromatic carbocycles. The lowest BCUT2D eigenvalue weighted by Gasteiger charge is -2.28. The molecule has 1 fully saturated rings. The Morgan fingerprint density at radius 1 is 1.69 bits per heavy atom. The molecule has 0 aliphatic carbocycles. The average molecular weight is 250 g/mol. The number of morpholine rings is 1. The maximum absolute atomic E-state index is 5.64. The summed E-state index contributed by atoms with van der Waals surface area (Å²) in [5.74, 6) is 0. The van der Waals surface area contributed by atoms with Crippen LogP contribution >= 0.6 is 15.9 Å². The molecule has 0 bridgehead atoms. The Morgan fingerprint density at radius 3 is 3.08 bits per heavy atom. The van der Waals surface area contributed by atoms with Crippen molar-refractivity contribution in [3.8, 4) is 0 Å². The summed E-state index contributed by atoms with van der Waals surface area (Å²) in [7, 11) is 0. The van der Waals surface area contributed by atoms with Crippen LogP contribution in [0.2, 0.25) is 0 Å². The lowest BCUT2D eigenvalue weighted by molar-refractivity contribution is -0.0650. The Balaban J connectivity index is 2.10. The second kappa shape index (κ2) is 5.75. The fraction of sp³-hybridized carbons (Fsp3) is 0.778. The predicted molar refractivity (Wildman–Crippen MR) is 56.1 cm³/mol. The summed E-state index contributed by atoms with van der Waals surface area (Å²) in [5, 5.41) is 3.28. The summed E-state index contributed by atoms with van der Waals surface area (Å²) >= 11 is 3.24. The van der Waals surface area contributed by atoms with Gasteiger partial charge in [-0.25, -0.2) is 0 Å². The number of hydrogen-bond acceptors (Lipinski definition) is 3. The van der Waals surface area contributed by atoms with E-state index in [2.05, 4.69) is 34.7 Å². The monoisotopic (exact) mass is 249 g/mol. The van der Waals surface area contributed by atoms with Crippen molar-refractivity contribution in [2.75, 3.05) is 26.3 Å². The first-order chi connectivity index (χ1) is 6.18. The van der Waals surface area contributed by atoms with Crippen molar-refractivity contribution in [3.63, 3.8) is 0 Å². The molecule has 0 amide bonds. The van der Waals surface area contributed by atoms with E-state index in [1.54, 1.807) is 0 Å². The van der Waals surface area contributed by atoms with Gasteiger partial charge < -0.3 is 14.8 Å². The number of halogens is 1. The van der Waals surface area contributed by atoms with E-state index in [1.807, 2.05) is 0 Å². The molecule has 1 aliphatic rings. The molecular formula is C9H16BrNO2. The molecule has 1 heterocycles. The first kappa shape index (κ1) is 11.2. The van der Waals surface area contributed by atoms with Crippen molar-refractivity contribution in [3.05, 3.63) is 11.1 Å². The molecule has 76 valence electrons. The Labute approximate surface area is 87.6 Å². The van der Waals surface area contributed by atoms with Crippen molar-refractivity contribution in [2.45, 2.75) is 19.1 Å². The zero-order valence-electron chi connectivity index (χ0n) is 7.88. The third kappa shape index (κ3) is 4.76. The maximum Gasteiger partial charge on any atom is 0.0936 e. The Bertz CT molecular complexity index is 175. The summed E-state index contributed by atoms with van der Waals surface area (Å²) in [5.41, 5.74) is 0. The van der Waals surface area contributed by atoms with E-state index in [4.69, 9.17) is 9.47 Å². The van der Waals surface area contributed by atoms with Gasteiger partial charge in [-0.05, 0) is 6.92 Å². The van der Waals surface area contributed by atoms with Crippen LogP contribution in [-0.4, -0.2) is 38.5 Å². The first-order valence-corrected chi connectivity index (χ1v) is 5.25. The largest absolute Gasteiger partial charge is 0.374 e. The standard InChI is InChI=1S/C9H16BrNO2/c1-7(10)5-12-6-9-4-11-3-8(2)13-9/h8-9,11H,1,3-6H2,2H3. The van der Waals surface area contributed by atoms with Crippen molar-refractivity contribution in [2.24, 2.45) is 0 Å². The summed E-state index contributed by atoms with van der Waals surface area (Å²) in [6.07, 6.45) is 0.463. The molecule has 4 heteroatoms. The highest BCUT2D eigenvalue weighted by Gasteiger charge is 2.18. The molecule has 2 atom stereocenters. The third-order valence-corrected chi connectivity index (χ3v) is 2.02. The molecule has 2 unspecified atom stereocenters. The molecule has 0 aromatic rings.